The van der Waals surface area contributed by atoms with E-state index in [-0.39, 0.29) is 42.7 Å². The topological polar surface area (TPSA) is 69.9 Å². The third-order valence-electron chi connectivity index (χ3n) is 5.65. The number of hydrogen-bond donors (Lipinski definition) is 1. The van der Waals surface area contributed by atoms with Gasteiger partial charge >= 0.3 is 0 Å². The molecule has 0 radical (unpaired) electrons. The molecule has 2 atom stereocenters. The second-order valence-corrected chi connectivity index (χ2v) is 7.46. The zero-order valence-electron chi connectivity index (χ0n) is 16.7. The Bertz CT molecular complexity index is 642. The lowest BCUT2D eigenvalue weighted by Crippen LogP contribution is -2.56. The van der Waals surface area contributed by atoms with Crippen molar-refractivity contribution in [1.29, 1.82) is 0 Å². The van der Waals surface area contributed by atoms with Crippen molar-refractivity contribution in [3.05, 3.63) is 35.4 Å². The predicted octanol–water partition coefficient (Wildman–Crippen LogP) is 1.99. The van der Waals surface area contributed by atoms with Gasteiger partial charge in [-0.1, -0.05) is 29.8 Å². The van der Waals surface area contributed by atoms with Crippen molar-refractivity contribution < 1.29 is 9.59 Å². The van der Waals surface area contributed by atoms with Crippen LogP contribution in [0.25, 0.3) is 0 Å². The van der Waals surface area contributed by atoms with E-state index in [9.17, 15) is 9.59 Å². The second kappa shape index (κ2) is 11.0. The first-order valence-electron chi connectivity index (χ1n) is 9.61. The van der Waals surface area contributed by atoms with Crippen LogP contribution in [0, 0.1) is 6.92 Å². The summed E-state index contributed by atoms with van der Waals surface area (Å²) in [6, 6.07) is 7.07. The number of nitrogens with two attached hydrogens (primary N) is 1. The molecule has 158 valence electrons. The molecule has 6 nitrogen and oxygen atoms in total. The van der Waals surface area contributed by atoms with Crippen molar-refractivity contribution in [3.8, 4) is 0 Å². The lowest BCUT2D eigenvalue weighted by atomic mass is 10.0. The number of amides is 2. The molecular formula is C20H32Cl2N4O2. The van der Waals surface area contributed by atoms with Crippen molar-refractivity contribution >= 4 is 36.6 Å². The van der Waals surface area contributed by atoms with Gasteiger partial charge in [0, 0.05) is 39.3 Å². The minimum Gasteiger partial charge on any atom is -0.341 e. The van der Waals surface area contributed by atoms with E-state index in [1.807, 2.05) is 47.9 Å². The molecule has 8 heteroatoms. The number of likely N-dealkylation sites (tertiary alicyclic amines) is 1. The van der Waals surface area contributed by atoms with Gasteiger partial charge in [-0.05, 0) is 32.3 Å². The van der Waals surface area contributed by atoms with E-state index in [4.69, 9.17) is 5.73 Å². The maximum atomic E-state index is 12.7. The summed E-state index contributed by atoms with van der Waals surface area (Å²) >= 11 is 0. The number of carbonyl (C=O) groups excluding carboxylic acids is 2. The van der Waals surface area contributed by atoms with E-state index < -0.39 is 6.04 Å². The molecule has 0 saturated carbocycles. The summed E-state index contributed by atoms with van der Waals surface area (Å²) < 4.78 is 0. The number of rotatable bonds is 4. The van der Waals surface area contributed by atoms with Gasteiger partial charge in [0.1, 0.15) is 6.04 Å². The number of piperazine rings is 1. The molecule has 2 heterocycles. The first kappa shape index (κ1) is 24.7. The van der Waals surface area contributed by atoms with Crippen LogP contribution in [0.3, 0.4) is 0 Å². The van der Waals surface area contributed by atoms with Crippen LogP contribution in [0.5, 0.6) is 0 Å². The molecule has 2 aliphatic heterocycles. The number of hydrogen-bond acceptors (Lipinski definition) is 4. The van der Waals surface area contributed by atoms with Crippen LogP contribution >= 0.6 is 24.8 Å². The number of benzene rings is 1. The summed E-state index contributed by atoms with van der Waals surface area (Å²) in [5.41, 5.74) is 8.18. The lowest BCUT2D eigenvalue weighted by molar-refractivity contribution is -0.138. The van der Waals surface area contributed by atoms with Crippen molar-refractivity contribution in [2.24, 2.45) is 5.73 Å². The standard InChI is InChI=1S/C20H30N4O2.2ClH/c1-15-5-7-17(8-6-15)18(21)20(26)24-13-11-22(12-14-24)16(2)19(25)23-9-3-4-10-23;;/h5-8,16,18H,3-4,9-14,21H2,1-2H3;2*1H. The Morgan fingerprint density at radius 3 is 1.89 bits per heavy atom. The van der Waals surface area contributed by atoms with Crippen LogP contribution in [0.2, 0.25) is 0 Å². The van der Waals surface area contributed by atoms with Crippen LogP contribution in [-0.2, 0) is 9.59 Å². The highest BCUT2D eigenvalue weighted by Crippen LogP contribution is 2.18. The van der Waals surface area contributed by atoms with Crippen LogP contribution in [0.15, 0.2) is 24.3 Å². The Morgan fingerprint density at radius 2 is 1.36 bits per heavy atom. The van der Waals surface area contributed by atoms with Gasteiger partial charge in [0.15, 0.2) is 0 Å². The quantitative estimate of drug-likeness (QED) is 0.792. The molecule has 0 aliphatic carbocycles. The molecule has 0 spiro atoms. The highest BCUT2D eigenvalue weighted by atomic mass is 35.5. The van der Waals surface area contributed by atoms with E-state index in [2.05, 4.69) is 4.90 Å². The van der Waals surface area contributed by atoms with E-state index in [0.29, 0.717) is 26.2 Å². The molecule has 28 heavy (non-hydrogen) atoms. The molecular weight excluding hydrogens is 399 g/mol. The SMILES string of the molecule is Cc1ccc(C(N)C(=O)N2CCN(C(C)C(=O)N3CCCC3)CC2)cc1.Cl.Cl. The molecule has 1 aromatic carbocycles. The predicted molar refractivity (Wildman–Crippen MR) is 116 cm³/mol. The molecule has 2 unspecified atom stereocenters. The van der Waals surface area contributed by atoms with Crippen LogP contribution in [0.1, 0.15) is 36.9 Å². The van der Waals surface area contributed by atoms with Crippen molar-refractivity contribution in [1.82, 2.24) is 14.7 Å². The monoisotopic (exact) mass is 430 g/mol. The number of nitrogens with zero attached hydrogens (tertiary/aromatic N) is 3. The smallest absolute Gasteiger partial charge is 0.244 e. The molecule has 2 fully saturated rings. The fourth-order valence-corrected chi connectivity index (χ4v) is 3.80. The van der Waals surface area contributed by atoms with Crippen LogP contribution in [0.4, 0.5) is 0 Å². The third-order valence-corrected chi connectivity index (χ3v) is 5.65. The fraction of sp³-hybridized carbons (Fsp3) is 0.600. The summed E-state index contributed by atoms with van der Waals surface area (Å²) in [5, 5.41) is 0. The first-order chi connectivity index (χ1) is 12.5. The fourth-order valence-electron chi connectivity index (χ4n) is 3.80. The minimum atomic E-state index is -0.620. The normalized spacial score (nSPS) is 19.4. The number of halogens is 2. The average molecular weight is 431 g/mol. The Hall–Kier alpha value is -1.34. The third kappa shape index (κ3) is 5.60. The summed E-state index contributed by atoms with van der Waals surface area (Å²) in [4.78, 5) is 31.3. The zero-order valence-corrected chi connectivity index (χ0v) is 18.3. The zero-order chi connectivity index (χ0) is 18.7. The Labute approximate surface area is 180 Å². The molecule has 2 aliphatic rings. The Balaban J connectivity index is 0.00000196. The van der Waals surface area contributed by atoms with Gasteiger partial charge in [-0.25, -0.2) is 0 Å². The Kier molecular flexibility index (Phi) is 9.70. The second-order valence-electron chi connectivity index (χ2n) is 7.46. The first-order valence-corrected chi connectivity index (χ1v) is 9.61. The number of aryl methyl sites for hydroxylation is 1. The molecule has 1 aromatic rings. The van der Waals surface area contributed by atoms with Gasteiger partial charge in [0.2, 0.25) is 11.8 Å². The highest BCUT2D eigenvalue weighted by molar-refractivity contribution is 5.86. The summed E-state index contributed by atoms with van der Waals surface area (Å²) in [6.45, 7) is 8.43. The lowest BCUT2D eigenvalue weighted by Gasteiger charge is -2.39. The maximum absolute atomic E-state index is 12.7. The van der Waals surface area contributed by atoms with E-state index >= 15 is 0 Å². The minimum absolute atomic E-state index is 0. The van der Waals surface area contributed by atoms with Gasteiger partial charge in [-0.15, -0.1) is 24.8 Å². The molecule has 2 amide bonds. The molecule has 2 N–H and O–H groups in total. The molecule has 2 saturated heterocycles. The largest absolute Gasteiger partial charge is 0.341 e. The van der Waals surface area contributed by atoms with Gasteiger partial charge < -0.3 is 15.5 Å². The number of carbonyl (C=O) groups is 2. The average Bonchev–Trinajstić information content (AvgIpc) is 3.21. The van der Waals surface area contributed by atoms with Gasteiger partial charge in [0.25, 0.3) is 0 Å². The van der Waals surface area contributed by atoms with Crippen molar-refractivity contribution in [2.75, 3.05) is 39.3 Å². The summed E-state index contributed by atoms with van der Waals surface area (Å²) in [5.74, 6) is 0.186. The highest BCUT2D eigenvalue weighted by Gasteiger charge is 2.32. The van der Waals surface area contributed by atoms with Gasteiger partial charge in [-0.2, -0.15) is 0 Å². The summed E-state index contributed by atoms with van der Waals surface area (Å²) in [7, 11) is 0. The molecule has 0 aromatic heterocycles. The Morgan fingerprint density at radius 1 is 0.857 bits per heavy atom. The van der Waals surface area contributed by atoms with Crippen LogP contribution in [-0.4, -0.2) is 71.8 Å². The molecule has 0 bridgehead atoms. The molecule has 3 rings (SSSR count). The van der Waals surface area contributed by atoms with E-state index in [1.165, 1.54) is 0 Å². The maximum Gasteiger partial charge on any atom is 0.244 e. The van der Waals surface area contributed by atoms with Crippen molar-refractivity contribution in [3.63, 3.8) is 0 Å². The van der Waals surface area contributed by atoms with Gasteiger partial charge in [0.05, 0.1) is 6.04 Å². The van der Waals surface area contributed by atoms with Crippen molar-refractivity contribution in [2.45, 2.75) is 38.8 Å². The van der Waals surface area contributed by atoms with Crippen LogP contribution < -0.4 is 5.73 Å². The van der Waals surface area contributed by atoms with E-state index in [1.54, 1.807) is 0 Å². The van der Waals surface area contributed by atoms with E-state index in [0.717, 1.165) is 37.1 Å². The van der Waals surface area contributed by atoms with Gasteiger partial charge in [-0.3, -0.25) is 14.5 Å². The summed E-state index contributed by atoms with van der Waals surface area (Å²) in [6.07, 6.45) is 2.22.